The van der Waals surface area contributed by atoms with Crippen LogP contribution in [0.3, 0.4) is 0 Å². The number of hydrogen-bond acceptors (Lipinski definition) is 6. The minimum Gasteiger partial charge on any atom is -0.415 e. The third-order valence-corrected chi connectivity index (χ3v) is 11.6. The molecule has 1 amide bonds. The molecule has 0 saturated heterocycles. The molecule has 0 unspecified atom stereocenters. The lowest BCUT2D eigenvalue weighted by Crippen LogP contribution is -2.42. The Morgan fingerprint density at radius 1 is 1.05 bits per heavy atom. The highest BCUT2D eigenvalue weighted by Gasteiger charge is 2.37. The van der Waals surface area contributed by atoms with Gasteiger partial charge in [-0.3, -0.25) is 4.79 Å². The monoisotopic (exact) mass is 564 g/mol. The molecule has 0 radical (unpaired) electrons. The molecular formula is C29H34F2N6O2Si. The van der Waals surface area contributed by atoms with Crippen LogP contribution in [0.2, 0.25) is 18.1 Å². The number of aromatic nitrogens is 4. The summed E-state index contributed by atoms with van der Waals surface area (Å²) in [6.07, 6.45) is 1.64. The Morgan fingerprint density at radius 2 is 1.75 bits per heavy atom. The van der Waals surface area contributed by atoms with E-state index in [2.05, 4.69) is 59.7 Å². The van der Waals surface area contributed by atoms with Crippen LogP contribution in [0.15, 0.2) is 67.0 Å². The first kappa shape index (κ1) is 29.0. The Labute approximate surface area is 234 Å². The minimum absolute atomic E-state index is 0.0513. The van der Waals surface area contributed by atoms with Crippen LogP contribution in [-0.2, 0) is 4.43 Å². The van der Waals surface area contributed by atoms with Crippen molar-refractivity contribution >= 4 is 31.4 Å². The first-order chi connectivity index (χ1) is 18.8. The molecular weight excluding hydrogens is 530 g/mol. The first-order valence-electron chi connectivity index (χ1n) is 13.0. The fraction of sp³-hybridized carbons (Fsp3) is 0.310. The quantitative estimate of drug-likeness (QED) is 0.209. The van der Waals surface area contributed by atoms with E-state index in [1.807, 2.05) is 11.5 Å². The van der Waals surface area contributed by atoms with Crippen molar-refractivity contribution in [2.45, 2.75) is 51.9 Å². The zero-order chi connectivity index (χ0) is 29.1. The molecule has 0 aliphatic carbocycles. The van der Waals surface area contributed by atoms with Crippen molar-refractivity contribution in [1.82, 2.24) is 19.7 Å². The lowest BCUT2D eigenvalue weighted by atomic mass is 10.1. The van der Waals surface area contributed by atoms with Gasteiger partial charge in [-0.1, -0.05) is 26.8 Å². The van der Waals surface area contributed by atoms with Crippen LogP contribution in [0.25, 0.3) is 11.5 Å². The van der Waals surface area contributed by atoms with E-state index in [1.165, 1.54) is 30.3 Å². The van der Waals surface area contributed by atoms with Crippen LogP contribution in [0, 0.1) is 11.6 Å². The van der Waals surface area contributed by atoms with Gasteiger partial charge in [-0.2, -0.15) is 0 Å². The first-order valence-corrected chi connectivity index (χ1v) is 15.9. The maximum Gasteiger partial charge on any atom is 0.259 e. The second-order valence-corrected chi connectivity index (χ2v) is 16.0. The SMILES string of the molecule is C[C@H](CO[Si](C)(C)C(C)(C)C)n1cnnc1-c1cccc(NC(=O)c2cc(Nc3ccc(F)cc3)ccc2F)n1. The molecule has 2 heterocycles. The molecule has 0 spiro atoms. The number of anilines is 3. The van der Waals surface area contributed by atoms with Gasteiger partial charge >= 0.3 is 0 Å². The number of hydrogen-bond donors (Lipinski definition) is 2. The molecule has 210 valence electrons. The zero-order valence-corrected chi connectivity index (χ0v) is 24.5. The van der Waals surface area contributed by atoms with E-state index in [1.54, 1.807) is 36.7 Å². The summed E-state index contributed by atoms with van der Waals surface area (Å²) >= 11 is 0. The standard InChI is InChI=1S/C29H34F2N6O2Si/c1-19(17-39-40(5,6)29(2,3)4)37-18-32-36-27(37)25-8-7-9-26(34-25)35-28(38)23-16-22(14-15-24(23)31)33-21-12-10-20(30)11-13-21/h7-16,18-19,33H,17H2,1-6H3,(H,34,35,38)/t19-/m1/s1. The van der Waals surface area contributed by atoms with Crippen LogP contribution in [0.1, 0.15) is 44.1 Å². The van der Waals surface area contributed by atoms with Crippen molar-refractivity contribution in [1.29, 1.82) is 0 Å². The average molecular weight is 565 g/mol. The zero-order valence-electron chi connectivity index (χ0n) is 23.5. The highest BCUT2D eigenvalue weighted by atomic mass is 28.4. The number of pyridine rings is 1. The molecule has 0 aliphatic heterocycles. The van der Waals surface area contributed by atoms with Crippen molar-refractivity contribution in [3.63, 3.8) is 0 Å². The van der Waals surface area contributed by atoms with E-state index < -0.39 is 20.0 Å². The van der Waals surface area contributed by atoms with Crippen LogP contribution >= 0.6 is 0 Å². The Balaban J connectivity index is 1.49. The lowest BCUT2D eigenvalue weighted by molar-refractivity contribution is 0.102. The van der Waals surface area contributed by atoms with Crippen molar-refractivity contribution in [2.75, 3.05) is 17.2 Å². The van der Waals surface area contributed by atoms with Crippen LogP contribution in [0.4, 0.5) is 26.0 Å². The molecule has 2 aromatic carbocycles. The predicted octanol–water partition coefficient (Wildman–Crippen LogP) is 7.20. The van der Waals surface area contributed by atoms with Gasteiger partial charge in [-0.05, 0) is 79.7 Å². The summed E-state index contributed by atoms with van der Waals surface area (Å²) in [5, 5.41) is 14.1. The third kappa shape index (κ3) is 6.78. The van der Waals surface area contributed by atoms with Gasteiger partial charge in [0, 0.05) is 11.4 Å². The number of carbonyl (C=O) groups is 1. The molecule has 40 heavy (non-hydrogen) atoms. The van der Waals surface area contributed by atoms with E-state index >= 15 is 0 Å². The molecule has 0 saturated carbocycles. The molecule has 4 rings (SSSR count). The van der Waals surface area contributed by atoms with Crippen molar-refractivity contribution < 1.29 is 18.0 Å². The van der Waals surface area contributed by atoms with Crippen LogP contribution in [0.5, 0.6) is 0 Å². The molecule has 2 aromatic heterocycles. The van der Waals surface area contributed by atoms with E-state index in [9.17, 15) is 13.6 Å². The Morgan fingerprint density at radius 3 is 2.45 bits per heavy atom. The molecule has 0 aliphatic rings. The Bertz CT molecular complexity index is 1480. The summed E-state index contributed by atoms with van der Waals surface area (Å²) in [5.74, 6) is -0.958. The van der Waals surface area contributed by atoms with Crippen molar-refractivity contribution in [2.24, 2.45) is 0 Å². The van der Waals surface area contributed by atoms with E-state index in [-0.39, 0.29) is 28.3 Å². The summed E-state index contributed by atoms with van der Waals surface area (Å²) in [4.78, 5) is 17.5. The Kier molecular flexibility index (Phi) is 8.45. The molecule has 0 fully saturated rings. The Hall–Kier alpha value is -3.96. The van der Waals surface area contributed by atoms with Gasteiger partial charge in [0.2, 0.25) is 0 Å². The number of nitrogens with one attached hydrogen (secondary N) is 2. The van der Waals surface area contributed by atoms with E-state index in [0.717, 1.165) is 0 Å². The number of halogens is 2. The molecule has 1 atom stereocenters. The number of amides is 1. The summed E-state index contributed by atoms with van der Waals surface area (Å²) in [7, 11) is -1.94. The van der Waals surface area contributed by atoms with Gasteiger partial charge in [-0.25, -0.2) is 13.8 Å². The second-order valence-electron chi connectivity index (χ2n) is 11.2. The normalized spacial score (nSPS) is 12.7. The van der Waals surface area contributed by atoms with Gasteiger partial charge in [0.1, 0.15) is 29.5 Å². The maximum atomic E-state index is 14.6. The predicted molar refractivity (Wildman–Crippen MR) is 155 cm³/mol. The lowest BCUT2D eigenvalue weighted by Gasteiger charge is -2.37. The minimum atomic E-state index is -1.94. The van der Waals surface area contributed by atoms with Gasteiger partial charge in [0.05, 0.1) is 18.2 Å². The molecule has 0 bridgehead atoms. The number of benzene rings is 2. The van der Waals surface area contributed by atoms with Crippen LogP contribution < -0.4 is 10.6 Å². The topological polar surface area (TPSA) is 94.0 Å². The van der Waals surface area contributed by atoms with Gasteiger partial charge in [-0.15, -0.1) is 10.2 Å². The van der Waals surface area contributed by atoms with E-state index in [4.69, 9.17) is 4.43 Å². The second kappa shape index (κ2) is 11.6. The summed E-state index contributed by atoms with van der Waals surface area (Å²) in [6, 6.07) is 14.9. The fourth-order valence-electron chi connectivity index (χ4n) is 3.66. The average Bonchev–Trinajstić information content (AvgIpc) is 3.39. The number of carbonyl (C=O) groups excluding carboxylic acids is 1. The molecule has 11 heteroatoms. The van der Waals surface area contributed by atoms with E-state index in [0.29, 0.717) is 29.5 Å². The maximum absolute atomic E-state index is 14.6. The summed E-state index contributed by atoms with van der Waals surface area (Å²) in [5.41, 5.74) is 1.41. The highest BCUT2D eigenvalue weighted by Crippen LogP contribution is 2.37. The summed E-state index contributed by atoms with van der Waals surface area (Å²) < 4.78 is 36.1. The number of nitrogens with zero attached hydrogens (tertiary/aromatic N) is 4. The van der Waals surface area contributed by atoms with Crippen LogP contribution in [-0.4, -0.2) is 40.6 Å². The van der Waals surface area contributed by atoms with Gasteiger partial charge in [0.15, 0.2) is 14.1 Å². The highest BCUT2D eigenvalue weighted by molar-refractivity contribution is 6.74. The van der Waals surface area contributed by atoms with Gasteiger partial charge < -0.3 is 19.6 Å². The van der Waals surface area contributed by atoms with Crippen molar-refractivity contribution in [3.05, 3.63) is 84.2 Å². The number of rotatable bonds is 9. The molecule has 2 N–H and O–H groups in total. The molecule has 8 nitrogen and oxygen atoms in total. The summed E-state index contributed by atoms with van der Waals surface area (Å²) in [6.45, 7) is 13.5. The van der Waals surface area contributed by atoms with Crippen molar-refractivity contribution in [3.8, 4) is 11.5 Å². The third-order valence-electron chi connectivity index (χ3n) is 7.10. The van der Waals surface area contributed by atoms with Gasteiger partial charge in [0.25, 0.3) is 5.91 Å². The fourth-order valence-corrected chi connectivity index (χ4v) is 4.75. The largest absolute Gasteiger partial charge is 0.415 e. The molecule has 4 aromatic rings. The smallest absolute Gasteiger partial charge is 0.259 e.